The van der Waals surface area contributed by atoms with Gasteiger partial charge in [0.15, 0.2) is 5.82 Å². The third-order valence-electron chi connectivity index (χ3n) is 8.68. The summed E-state index contributed by atoms with van der Waals surface area (Å²) in [5.74, 6) is 0.678. The smallest absolute Gasteiger partial charge is 0.160 e. The molecule has 0 unspecified atom stereocenters. The summed E-state index contributed by atoms with van der Waals surface area (Å²) in [6.07, 6.45) is 3.69. The van der Waals surface area contributed by atoms with E-state index in [4.69, 9.17) is 9.97 Å². The van der Waals surface area contributed by atoms with Crippen molar-refractivity contribution in [3.8, 4) is 78.5 Å². The molecule has 3 heterocycles. The zero-order valence-corrected chi connectivity index (χ0v) is 27.0. The molecule has 0 aliphatic rings. The lowest BCUT2D eigenvalue weighted by molar-refractivity contribution is 1.18. The van der Waals surface area contributed by atoms with E-state index < -0.39 is 0 Å². The molecule has 0 radical (unpaired) electrons. The minimum Gasteiger partial charge on any atom is -0.262 e. The summed E-state index contributed by atoms with van der Waals surface area (Å²) in [7, 11) is 0. The van der Waals surface area contributed by atoms with Crippen LogP contribution in [0.3, 0.4) is 0 Å². The van der Waals surface area contributed by atoms with E-state index in [1.807, 2.05) is 73.9 Å². The average molecular weight is 629 g/mol. The van der Waals surface area contributed by atoms with Gasteiger partial charge in [0.1, 0.15) is 0 Å². The second-order valence-electron chi connectivity index (χ2n) is 12.0. The highest BCUT2D eigenvalue weighted by molar-refractivity contribution is 5.82. The van der Waals surface area contributed by atoms with Crippen LogP contribution in [0.4, 0.5) is 0 Å². The Bertz CT molecular complexity index is 2290. The fourth-order valence-electron chi connectivity index (χ4n) is 6.13. The summed E-state index contributed by atoms with van der Waals surface area (Å²) in [5.41, 5.74) is 14.5. The van der Waals surface area contributed by atoms with Gasteiger partial charge < -0.3 is 0 Å². The number of hydrogen-bond donors (Lipinski definition) is 0. The molecule has 0 spiro atoms. The highest BCUT2D eigenvalue weighted by atomic mass is 14.9. The second-order valence-corrected chi connectivity index (χ2v) is 12.0. The number of aromatic nitrogens is 4. The lowest BCUT2D eigenvalue weighted by Crippen LogP contribution is -1.97. The molecular weight excluding hydrogens is 597 g/mol. The highest BCUT2D eigenvalue weighted by Crippen LogP contribution is 2.35. The van der Waals surface area contributed by atoms with E-state index in [2.05, 4.69) is 119 Å². The Balaban J connectivity index is 1.27. The van der Waals surface area contributed by atoms with Gasteiger partial charge in [-0.2, -0.15) is 0 Å². The predicted octanol–water partition coefficient (Wildman–Crippen LogP) is 11.2. The molecule has 0 amide bonds. The number of aryl methyl sites for hydroxylation is 1. The number of rotatable bonds is 7. The largest absolute Gasteiger partial charge is 0.262 e. The summed E-state index contributed by atoms with van der Waals surface area (Å²) >= 11 is 0. The van der Waals surface area contributed by atoms with Crippen LogP contribution in [0.5, 0.6) is 0 Å². The summed E-state index contributed by atoms with van der Waals surface area (Å²) in [6.45, 7) is 2.02. The maximum Gasteiger partial charge on any atom is 0.160 e. The normalized spacial score (nSPS) is 11.0. The molecular formula is C45H32N4. The molecule has 4 nitrogen and oxygen atoms in total. The van der Waals surface area contributed by atoms with Gasteiger partial charge in [-0.15, -0.1) is 0 Å². The van der Waals surface area contributed by atoms with Crippen molar-refractivity contribution in [2.24, 2.45) is 0 Å². The Morgan fingerprint density at radius 3 is 1.33 bits per heavy atom. The van der Waals surface area contributed by atoms with Gasteiger partial charge in [-0.1, -0.05) is 115 Å². The van der Waals surface area contributed by atoms with Crippen LogP contribution < -0.4 is 0 Å². The van der Waals surface area contributed by atoms with E-state index in [1.165, 1.54) is 0 Å². The van der Waals surface area contributed by atoms with Crippen LogP contribution in [0.15, 0.2) is 176 Å². The molecule has 3 aromatic heterocycles. The van der Waals surface area contributed by atoms with Gasteiger partial charge in [0, 0.05) is 40.3 Å². The van der Waals surface area contributed by atoms with Crippen LogP contribution >= 0.6 is 0 Å². The lowest BCUT2D eigenvalue weighted by Gasteiger charge is -2.14. The first-order valence-corrected chi connectivity index (χ1v) is 16.4. The van der Waals surface area contributed by atoms with Gasteiger partial charge in [-0.05, 0) is 88.8 Å². The zero-order valence-electron chi connectivity index (χ0n) is 27.0. The molecule has 8 aromatic rings. The van der Waals surface area contributed by atoms with Gasteiger partial charge >= 0.3 is 0 Å². The summed E-state index contributed by atoms with van der Waals surface area (Å²) in [5, 5.41) is 0. The minimum absolute atomic E-state index is 0.678. The Labute approximate surface area is 286 Å². The van der Waals surface area contributed by atoms with Gasteiger partial charge in [0.2, 0.25) is 0 Å². The quantitative estimate of drug-likeness (QED) is 0.176. The number of benzene rings is 5. The third-order valence-corrected chi connectivity index (χ3v) is 8.68. The van der Waals surface area contributed by atoms with Crippen LogP contribution in [-0.2, 0) is 0 Å². The van der Waals surface area contributed by atoms with E-state index in [9.17, 15) is 0 Å². The van der Waals surface area contributed by atoms with Crippen molar-refractivity contribution in [1.82, 2.24) is 19.9 Å². The van der Waals surface area contributed by atoms with Crippen molar-refractivity contribution >= 4 is 0 Å². The van der Waals surface area contributed by atoms with Gasteiger partial charge in [-0.3, -0.25) is 9.97 Å². The Hall–Kier alpha value is -6.52. The number of nitrogens with zero attached hydrogens (tertiary/aromatic N) is 4. The SMILES string of the molecule is Cc1cc(-c2ccc(-c3cc(-c4ccc(-c5ccccn5)cc4)cc(-c4nc(-c5ccccc5)cc(-c5ccccc5)n4)c3)cc2)ccn1. The molecule has 0 atom stereocenters. The molecule has 5 aromatic carbocycles. The van der Waals surface area contributed by atoms with Crippen molar-refractivity contribution in [1.29, 1.82) is 0 Å². The van der Waals surface area contributed by atoms with Crippen LogP contribution in [0.1, 0.15) is 5.69 Å². The van der Waals surface area contributed by atoms with E-state index >= 15 is 0 Å². The van der Waals surface area contributed by atoms with Gasteiger partial charge in [-0.25, -0.2) is 9.97 Å². The molecule has 0 aliphatic heterocycles. The summed E-state index contributed by atoms with van der Waals surface area (Å²) in [4.78, 5) is 19.2. The van der Waals surface area contributed by atoms with Crippen molar-refractivity contribution in [2.45, 2.75) is 6.92 Å². The number of pyridine rings is 2. The monoisotopic (exact) mass is 628 g/mol. The fourth-order valence-corrected chi connectivity index (χ4v) is 6.13. The van der Waals surface area contributed by atoms with E-state index in [0.717, 1.165) is 78.4 Å². The van der Waals surface area contributed by atoms with Crippen LogP contribution in [0.2, 0.25) is 0 Å². The molecule has 0 saturated carbocycles. The topological polar surface area (TPSA) is 51.6 Å². The molecule has 8 rings (SSSR count). The number of hydrogen-bond acceptors (Lipinski definition) is 4. The van der Waals surface area contributed by atoms with E-state index in [-0.39, 0.29) is 0 Å². The minimum atomic E-state index is 0.678. The summed E-state index contributed by atoms with van der Waals surface area (Å²) < 4.78 is 0. The molecule has 232 valence electrons. The standard InChI is InChI=1S/C45H32N4/c1-31-26-38(23-25-46-31)32-15-17-33(18-16-32)39-27-40(34-19-21-37(22-20-34)42-14-8-9-24-47-42)29-41(28-39)45-48-43(35-10-4-2-5-11-35)30-44(49-45)36-12-6-3-7-13-36/h2-30H,1H3. The zero-order chi connectivity index (χ0) is 33.0. The molecule has 49 heavy (non-hydrogen) atoms. The van der Waals surface area contributed by atoms with Crippen molar-refractivity contribution in [3.63, 3.8) is 0 Å². The first-order valence-electron chi connectivity index (χ1n) is 16.4. The molecule has 0 N–H and O–H groups in total. The van der Waals surface area contributed by atoms with Gasteiger partial charge in [0.05, 0.1) is 17.1 Å². The average Bonchev–Trinajstić information content (AvgIpc) is 3.19. The van der Waals surface area contributed by atoms with Crippen LogP contribution in [-0.4, -0.2) is 19.9 Å². The molecule has 0 saturated heterocycles. The molecule has 0 fully saturated rings. The maximum atomic E-state index is 5.16. The molecule has 4 heteroatoms. The van der Waals surface area contributed by atoms with E-state index in [1.54, 1.807) is 0 Å². The Kier molecular flexibility index (Phi) is 8.11. The summed E-state index contributed by atoms with van der Waals surface area (Å²) in [6, 6.07) is 56.8. The third kappa shape index (κ3) is 6.53. The predicted molar refractivity (Wildman–Crippen MR) is 200 cm³/mol. The Morgan fingerprint density at radius 2 is 0.796 bits per heavy atom. The lowest BCUT2D eigenvalue weighted by atomic mass is 9.94. The highest BCUT2D eigenvalue weighted by Gasteiger charge is 2.14. The fraction of sp³-hybridized carbons (Fsp3) is 0.0222. The first-order chi connectivity index (χ1) is 24.2. The maximum absolute atomic E-state index is 5.16. The van der Waals surface area contributed by atoms with Crippen LogP contribution in [0, 0.1) is 6.92 Å². The van der Waals surface area contributed by atoms with Crippen molar-refractivity contribution in [3.05, 3.63) is 182 Å². The Morgan fingerprint density at radius 1 is 0.306 bits per heavy atom. The van der Waals surface area contributed by atoms with Crippen LogP contribution in [0.25, 0.3) is 78.5 Å². The second kappa shape index (κ2) is 13.3. The van der Waals surface area contributed by atoms with E-state index in [0.29, 0.717) is 5.82 Å². The molecule has 0 aliphatic carbocycles. The molecule has 0 bridgehead atoms. The van der Waals surface area contributed by atoms with Crippen molar-refractivity contribution < 1.29 is 0 Å². The van der Waals surface area contributed by atoms with Gasteiger partial charge in [0.25, 0.3) is 0 Å². The van der Waals surface area contributed by atoms with Crippen molar-refractivity contribution in [2.75, 3.05) is 0 Å². The first kappa shape index (κ1) is 29.9.